The summed E-state index contributed by atoms with van der Waals surface area (Å²) in [4.78, 5) is 40.5. The summed E-state index contributed by atoms with van der Waals surface area (Å²) >= 11 is 12.1. The summed E-state index contributed by atoms with van der Waals surface area (Å²) < 4.78 is 34.0. The topological polar surface area (TPSA) is 133 Å². The monoisotopic (exact) mass is 647 g/mol. The van der Waals surface area contributed by atoms with Gasteiger partial charge in [0, 0.05) is 13.1 Å². The number of carboxylic acid groups (broad SMARTS) is 1. The van der Waals surface area contributed by atoms with Crippen LogP contribution in [0.25, 0.3) is 0 Å². The highest BCUT2D eigenvalue weighted by atomic mass is 35.5. The molecule has 4 rings (SSSR count). The molecule has 0 bridgehead atoms. The summed E-state index contributed by atoms with van der Waals surface area (Å²) in [7, 11) is -2.85. The molecule has 2 unspecified atom stereocenters. The van der Waals surface area contributed by atoms with E-state index in [1.54, 1.807) is 42.5 Å². The molecule has 13 heteroatoms. The number of carbonyl (C=O) groups is 3. The lowest BCUT2D eigenvalue weighted by Gasteiger charge is -2.42. The molecule has 3 aromatic rings. The van der Waals surface area contributed by atoms with Crippen LogP contribution in [0, 0.1) is 6.92 Å². The summed E-state index contributed by atoms with van der Waals surface area (Å²) in [6, 6.07) is 16.6. The molecule has 3 aromatic carbocycles. The number of ether oxygens (including phenoxy) is 1. The van der Waals surface area contributed by atoms with E-state index in [1.807, 2.05) is 13.0 Å². The van der Waals surface area contributed by atoms with E-state index in [-0.39, 0.29) is 40.9 Å². The predicted molar refractivity (Wildman–Crippen MR) is 161 cm³/mol. The third-order valence-corrected chi connectivity index (χ3v) is 9.64. The lowest BCUT2D eigenvalue weighted by Crippen LogP contribution is -2.63. The predicted octanol–water partition coefficient (Wildman–Crippen LogP) is 4.43. The quantitative estimate of drug-likeness (QED) is 0.332. The Morgan fingerprint density at radius 3 is 2.37 bits per heavy atom. The normalized spacial score (nSPS) is 16.4. The van der Waals surface area contributed by atoms with Crippen LogP contribution < -0.4 is 10.1 Å². The number of halogens is 2. The maximum atomic E-state index is 14.0. The number of nitrogens with one attached hydrogen (secondary N) is 1. The fourth-order valence-electron chi connectivity index (χ4n) is 4.93. The Kier molecular flexibility index (Phi) is 10.3. The SMILES string of the molecule is COc1ccc(CC(=O)N2CCCN(S(=O)(=O)c3ccc(Cl)c(Cl)c3)C2C(=O)NC(CC(=O)O)c2cccc(C)c2)cc1. The van der Waals surface area contributed by atoms with Gasteiger partial charge in [-0.05, 0) is 54.8 Å². The Labute approximate surface area is 260 Å². The number of aryl methyl sites for hydroxylation is 1. The molecule has 2 N–H and O–H groups in total. The summed E-state index contributed by atoms with van der Waals surface area (Å²) in [6.07, 6.45) is -1.90. The maximum Gasteiger partial charge on any atom is 0.305 e. The number of rotatable bonds is 10. The molecular weight excluding hydrogens is 617 g/mol. The zero-order chi connectivity index (χ0) is 31.3. The van der Waals surface area contributed by atoms with Gasteiger partial charge < -0.3 is 20.1 Å². The van der Waals surface area contributed by atoms with Crippen molar-refractivity contribution < 1.29 is 32.6 Å². The zero-order valence-electron chi connectivity index (χ0n) is 23.5. The summed E-state index contributed by atoms with van der Waals surface area (Å²) in [5.74, 6) is -1.88. The number of sulfonamides is 1. The van der Waals surface area contributed by atoms with Crippen molar-refractivity contribution >= 4 is 51.0 Å². The standard InChI is InChI=1S/C30H31Cl2N3O7S/c1-19-5-3-6-21(15-19)26(18-28(37)38)33-29(39)30-34(27(36)16-20-7-9-22(42-2)10-8-20)13-4-14-35(30)43(40,41)23-11-12-24(31)25(32)17-23/h3,5-12,15,17,26,30H,4,13-14,16,18H2,1-2H3,(H,33,39)(H,37,38). The van der Waals surface area contributed by atoms with Crippen LogP contribution in [-0.4, -0.2) is 66.9 Å². The molecule has 0 aliphatic carbocycles. The highest BCUT2D eigenvalue weighted by Gasteiger charge is 2.44. The van der Waals surface area contributed by atoms with Gasteiger partial charge in [-0.15, -0.1) is 0 Å². The third kappa shape index (κ3) is 7.66. The van der Waals surface area contributed by atoms with Crippen molar-refractivity contribution in [2.24, 2.45) is 0 Å². The molecule has 2 amide bonds. The molecule has 0 saturated carbocycles. The first-order valence-electron chi connectivity index (χ1n) is 13.4. The lowest BCUT2D eigenvalue weighted by atomic mass is 10.0. The molecule has 0 spiro atoms. The van der Waals surface area contributed by atoms with Gasteiger partial charge in [0.25, 0.3) is 5.91 Å². The van der Waals surface area contributed by atoms with Crippen LogP contribution >= 0.6 is 23.2 Å². The van der Waals surface area contributed by atoms with E-state index in [4.69, 9.17) is 27.9 Å². The number of benzene rings is 3. The van der Waals surface area contributed by atoms with E-state index in [1.165, 1.54) is 30.2 Å². The van der Waals surface area contributed by atoms with Gasteiger partial charge in [-0.2, -0.15) is 4.31 Å². The van der Waals surface area contributed by atoms with Gasteiger partial charge in [-0.1, -0.05) is 65.2 Å². The van der Waals surface area contributed by atoms with Gasteiger partial charge in [-0.25, -0.2) is 8.42 Å². The van der Waals surface area contributed by atoms with E-state index < -0.39 is 46.4 Å². The van der Waals surface area contributed by atoms with E-state index in [0.717, 1.165) is 9.87 Å². The number of hydrogen-bond donors (Lipinski definition) is 2. The van der Waals surface area contributed by atoms with E-state index in [2.05, 4.69) is 5.32 Å². The molecule has 1 aliphatic rings. The first-order chi connectivity index (χ1) is 20.4. The number of carboxylic acids is 1. The minimum Gasteiger partial charge on any atom is -0.497 e. The van der Waals surface area contributed by atoms with Gasteiger partial charge in [0.1, 0.15) is 5.75 Å². The molecule has 0 aromatic heterocycles. The zero-order valence-corrected chi connectivity index (χ0v) is 25.8. The van der Waals surface area contributed by atoms with Crippen molar-refractivity contribution in [3.8, 4) is 5.75 Å². The van der Waals surface area contributed by atoms with Gasteiger partial charge in [0.15, 0.2) is 6.17 Å². The molecule has 1 heterocycles. The Hall–Kier alpha value is -3.64. The Morgan fingerprint density at radius 2 is 1.74 bits per heavy atom. The molecule has 1 fully saturated rings. The minimum absolute atomic E-state index is 0.00848. The minimum atomic E-state index is -4.37. The second-order valence-electron chi connectivity index (χ2n) is 10.1. The first kappa shape index (κ1) is 32.3. The van der Waals surface area contributed by atoms with Crippen molar-refractivity contribution in [1.82, 2.24) is 14.5 Å². The molecule has 43 heavy (non-hydrogen) atoms. The van der Waals surface area contributed by atoms with Gasteiger partial charge in [0.05, 0.1) is 40.9 Å². The van der Waals surface area contributed by atoms with Crippen LogP contribution in [0.15, 0.2) is 71.6 Å². The van der Waals surface area contributed by atoms with Crippen molar-refractivity contribution in [2.45, 2.75) is 43.3 Å². The number of carbonyl (C=O) groups excluding carboxylic acids is 2. The van der Waals surface area contributed by atoms with E-state index >= 15 is 0 Å². The molecule has 2 atom stereocenters. The van der Waals surface area contributed by atoms with Gasteiger partial charge in [0.2, 0.25) is 15.9 Å². The summed E-state index contributed by atoms with van der Waals surface area (Å²) in [5.41, 5.74) is 2.01. The largest absolute Gasteiger partial charge is 0.497 e. The second-order valence-corrected chi connectivity index (χ2v) is 12.8. The molecule has 1 saturated heterocycles. The molecular formula is C30H31Cl2N3O7S. The average Bonchev–Trinajstić information content (AvgIpc) is 2.97. The number of nitrogens with zero attached hydrogens (tertiary/aromatic N) is 2. The van der Waals surface area contributed by atoms with Crippen LogP contribution in [0.2, 0.25) is 10.0 Å². The van der Waals surface area contributed by atoms with Crippen LogP contribution in [0.1, 0.15) is 35.6 Å². The Bertz CT molecular complexity index is 1620. The molecule has 1 aliphatic heterocycles. The smallest absolute Gasteiger partial charge is 0.305 e. The summed E-state index contributed by atoms with van der Waals surface area (Å²) in [6.45, 7) is 1.87. The van der Waals surface area contributed by atoms with Crippen LogP contribution in [0.3, 0.4) is 0 Å². The second kappa shape index (κ2) is 13.8. The Morgan fingerprint density at radius 1 is 1.02 bits per heavy atom. The third-order valence-electron chi connectivity index (χ3n) is 7.05. The van der Waals surface area contributed by atoms with Crippen LogP contribution in [0.5, 0.6) is 5.75 Å². The fourth-order valence-corrected chi connectivity index (χ4v) is 6.92. The maximum absolute atomic E-state index is 14.0. The summed E-state index contributed by atoms with van der Waals surface area (Å²) in [5, 5.41) is 12.5. The van der Waals surface area contributed by atoms with E-state index in [9.17, 15) is 27.9 Å². The van der Waals surface area contributed by atoms with E-state index in [0.29, 0.717) is 16.9 Å². The molecule has 228 valence electrons. The fraction of sp³-hybridized carbons (Fsp3) is 0.300. The first-order valence-corrected chi connectivity index (χ1v) is 15.6. The Balaban J connectivity index is 1.73. The highest BCUT2D eigenvalue weighted by molar-refractivity contribution is 7.89. The highest BCUT2D eigenvalue weighted by Crippen LogP contribution is 2.30. The van der Waals surface area contributed by atoms with Crippen molar-refractivity contribution in [3.63, 3.8) is 0 Å². The molecule has 0 radical (unpaired) electrons. The van der Waals surface area contributed by atoms with Crippen LogP contribution in [-0.2, 0) is 30.8 Å². The van der Waals surface area contributed by atoms with Crippen molar-refractivity contribution in [3.05, 3.63) is 93.5 Å². The number of amides is 2. The van der Waals surface area contributed by atoms with Gasteiger partial charge in [-0.3, -0.25) is 14.4 Å². The van der Waals surface area contributed by atoms with Crippen LogP contribution in [0.4, 0.5) is 0 Å². The number of aliphatic carboxylic acids is 1. The number of methoxy groups -OCH3 is 1. The van der Waals surface area contributed by atoms with Crippen molar-refractivity contribution in [2.75, 3.05) is 20.2 Å². The molecule has 10 nitrogen and oxygen atoms in total. The lowest BCUT2D eigenvalue weighted by molar-refractivity contribution is -0.148. The van der Waals surface area contributed by atoms with Crippen molar-refractivity contribution in [1.29, 1.82) is 0 Å². The van der Waals surface area contributed by atoms with Gasteiger partial charge >= 0.3 is 5.97 Å². The average molecular weight is 649 g/mol. The number of hydrogen-bond acceptors (Lipinski definition) is 6.